The molecular weight excluding hydrogens is 420 g/mol. The number of hydrogen-bond acceptors (Lipinski definition) is 6. The molecule has 3 heterocycles. The van der Waals surface area contributed by atoms with Gasteiger partial charge in [0.2, 0.25) is 12.7 Å². The Morgan fingerprint density at radius 3 is 2.97 bits per heavy atom. The number of ether oxygens (including phenoxy) is 2. The number of likely N-dealkylation sites (tertiary alicyclic amines) is 1. The molecule has 0 bridgehead atoms. The van der Waals surface area contributed by atoms with E-state index < -0.39 is 0 Å². The molecule has 1 aromatic carbocycles. The van der Waals surface area contributed by atoms with E-state index in [2.05, 4.69) is 6.92 Å². The molecule has 3 aliphatic rings. The number of nitrogens with zero attached hydrogens (tertiary/aromatic N) is 2. The van der Waals surface area contributed by atoms with Crippen molar-refractivity contribution < 1.29 is 19.1 Å². The first kappa shape index (κ1) is 21.2. The average Bonchev–Trinajstić information content (AvgIpc) is 3.32. The van der Waals surface area contributed by atoms with Gasteiger partial charge in [-0.2, -0.15) is 0 Å². The van der Waals surface area contributed by atoms with Gasteiger partial charge in [-0.25, -0.2) is 0 Å². The van der Waals surface area contributed by atoms with Crippen LogP contribution in [0.4, 0.5) is 0 Å². The highest BCUT2D eigenvalue weighted by Crippen LogP contribution is 2.36. The van der Waals surface area contributed by atoms with Gasteiger partial charge in [0, 0.05) is 25.6 Å². The second-order valence-corrected chi connectivity index (χ2v) is 9.37. The normalized spacial score (nSPS) is 22.3. The summed E-state index contributed by atoms with van der Waals surface area (Å²) in [6.45, 7) is 3.69. The third kappa shape index (κ3) is 4.49. The maximum atomic E-state index is 12.8. The quantitative estimate of drug-likeness (QED) is 0.482. The summed E-state index contributed by atoms with van der Waals surface area (Å²) in [5, 5.41) is 0. The van der Waals surface area contributed by atoms with Crippen LogP contribution in [-0.2, 0) is 9.59 Å². The lowest BCUT2D eigenvalue weighted by atomic mass is 9.99. The Bertz CT molecular complexity index is 886. The average molecular weight is 447 g/mol. The number of carbonyl (C=O) groups is 2. The van der Waals surface area contributed by atoms with Crippen LogP contribution in [0.1, 0.15) is 51.0 Å². The lowest BCUT2D eigenvalue weighted by Crippen LogP contribution is -2.43. The molecule has 0 N–H and O–H groups in total. The zero-order valence-corrected chi connectivity index (χ0v) is 18.7. The van der Waals surface area contributed by atoms with E-state index in [1.54, 1.807) is 4.90 Å². The van der Waals surface area contributed by atoms with E-state index in [-0.39, 0.29) is 18.6 Å². The van der Waals surface area contributed by atoms with Crippen molar-refractivity contribution in [2.45, 2.75) is 51.5 Å². The molecule has 0 aliphatic carbocycles. The highest BCUT2D eigenvalue weighted by molar-refractivity contribution is 8.26. The molecule has 2 amide bonds. The van der Waals surface area contributed by atoms with E-state index >= 15 is 0 Å². The second kappa shape index (κ2) is 9.39. The molecule has 160 valence electrons. The van der Waals surface area contributed by atoms with Gasteiger partial charge in [0.1, 0.15) is 4.32 Å². The van der Waals surface area contributed by atoms with E-state index in [4.69, 9.17) is 21.7 Å². The van der Waals surface area contributed by atoms with Crippen molar-refractivity contribution in [1.29, 1.82) is 0 Å². The predicted octanol–water partition coefficient (Wildman–Crippen LogP) is 4.19. The topological polar surface area (TPSA) is 59.1 Å². The summed E-state index contributed by atoms with van der Waals surface area (Å²) < 4.78 is 11.3. The van der Waals surface area contributed by atoms with Crippen LogP contribution in [0.5, 0.6) is 11.5 Å². The SMILES string of the molecule is CC[C@H]1CCCCN1C(=O)CCCN1C(=O)/C(=C/c2ccc3c(c2)OCO3)SC1=S. The fraction of sp³-hybridized carbons (Fsp3) is 0.500. The van der Waals surface area contributed by atoms with Gasteiger partial charge in [-0.15, -0.1) is 0 Å². The van der Waals surface area contributed by atoms with Crippen molar-refractivity contribution >= 4 is 46.2 Å². The largest absolute Gasteiger partial charge is 0.454 e. The number of thiocarbonyl (C=S) groups is 1. The number of rotatable bonds is 6. The highest BCUT2D eigenvalue weighted by atomic mass is 32.2. The van der Waals surface area contributed by atoms with Gasteiger partial charge < -0.3 is 14.4 Å². The molecule has 0 aromatic heterocycles. The van der Waals surface area contributed by atoms with E-state index in [1.165, 1.54) is 18.2 Å². The van der Waals surface area contributed by atoms with Gasteiger partial charge in [0.25, 0.3) is 5.91 Å². The summed E-state index contributed by atoms with van der Waals surface area (Å²) >= 11 is 6.72. The molecule has 1 atom stereocenters. The maximum Gasteiger partial charge on any atom is 0.266 e. The van der Waals surface area contributed by atoms with Gasteiger partial charge in [0.05, 0.1) is 4.91 Å². The van der Waals surface area contributed by atoms with E-state index in [0.29, 0.717) is 46.2 Å². The van der Waals surface area contributed by atoms with Gasteiger partial charge >= 0.3 is 0 Å². The van der Waals surface area contributed by atoms with Crippen molar-refractivity contribution in [2.75, 3.05) is 19.9 Å². The van der Waals surface area contributed by atoms with Gasteiger partial charge in [-0.05, 0) is 55.9 Å². The monoisotopic (exact) mass is 446 g/mol. The lowest BCUT2D eigenvalue weighted by Gasteiger charge is -2.35. The van der Waals surface area contributed by atoms with E-state index in [0.717, 1.165) is 31.4 Å². The molecule has 2 saturated heterocycles. The molecule has 0 unspecified atom stereocenters. The molecule has 4 rings (SSSR count). The minimum atomic E-state index is -0.0977. The van der Waals surface area contributed by atoms with Gasteiger partial charge in [0.15, 0.2) is 11.5 Å². The van der Waals surface area contributed by atoms with Crippen molar-refractivity contribution in [3.8, 4) is 11.5 Å². The van der Waals surface area contributed by atoms with Crippen LogP contribution in [0.25, 0.3) is 6.08 Å². The number of carbonyl (C=O) groups excluding carboxylic acids is 2. The Labute approximate surface area is 186 Å². The number of hydrogen-bond donors (Lipinski definition) is 0. The summed E-state index contributed by atoms with van der Waals surface area (Å²) in [4.78, 5) is 29.7. The summed E-state index contributed by atoms with van der Waals surface area (Å²) in [6, 6.07) is 5.95. The lowest BCUT2D eigenvalue weighted by molar-refractivity contribution is -0.135. The van der Waals surface area contributed by atoms with Crippen LogP contribution in [0.3, 0.4) is 0 Å². The fourth-order valence-electron chi connectivity index (χ4n) is 4.13. The summed E-state index contributed by atoms with van der Waals surface area (Å²) in [6.07, 6.45) is 7.29. The minimum absolute atomic E-state index is 0.0977. The highest BCUT2D eigenvalue weighted by Gasteiger charge is 2.32. The number of fused-ring (bicyclic) bond motifs is 1. The first-order chi connectivity index (χ1) is 14.6. The van der Waals surface area contributed by atoms with Crippen molar-refractivity contribution in [3.05, 3.63) is 28.7 Å². The van der Waals surface area contributed by atoms with Crippen LogP contribution >= 0.6 is 24.0 Å². The van der Waals surface area contributed by atoms with E-state index in [9.17, 15) is 9.59 Å². The molecule has 6 nitrogen and oxygen atoms in total. The van der Waals surface area contributed by atoms with Gasteiger partial charge in [-0.3, -0.25) is 14.5 Å². The second-order valence-electron chi connectivity index (χ2n) is 7.69. The zero-order valence-electron chi connectivity index (χ0n) is 17.1. The number of benzene rings is 1. The molecule has 0 saturated carbocycles. The Balaban J connectivity index is 1.33. The van der Waals surface area contributed by atoms with Crippen molar-refractivity contribution in [2.24, 2.45) is 0 Å². The van der Waals surface area contributed by atoms with Crippen LogP contribution in [0, 0.1) is 0 Å². The number of thioether (sulfide) groups is 1. The smallest absolute Gasteiger partial charge is 0.266 e. The summed E-state index contributed by atoms with van der Waals surface area (Å²) in [5.74, 6) is 1.49. The van der Waals surface area contributed by atoms with E-state index in [1.807, 2.05) is 29.2 Å². The third-order valence-electron chi connectivity index (χ3n) is 5.76. The van der Waals surface area contributed by atoms with Crippen molar-refractivity contribution in [3.63, 3.8) is 0 Å². The molecule has 0 radical (unpaired) electrons. The Hall–Kier alpha value is -2.06. The molecule has 0 spiro atoms. The number of piperidine rings is 1. The Morgan fingerprint density at radius 2 is 2.13 bits per heavy atom. The Kier molecular flexibility index (Phi) is 6.63. The predicted molar refractivity (Wildman–Crippen MR) is 121 cm³/mol. The Morgan fingerprint density at radius 1 is 1.30 bits per heavy atom. The third-order valence-corrected chi connectivity index (χ3v) is 7.14. The minimum Gasteiger partial charge on any atom is -0.454 e. The molecular formula is C22H26N2O4S2. The molecule has 3 aliphatic heterocycles. The van der Waals surface area contributed by atoms with Crippen LogP contribution in [0.15, 0.2) is 23.1 Å². The summed E-state index contributed by atoms with van der Waals surface area (Å²) in [5.41, 5.74) is 0.866. The van der Waals surface area contributed by atoms with Crippen LogP contribution in [-0.4, -0.2) is 51.9 Å². The fourth-order valence-corrected chi connectivity index (χ4v) is 5.44. The molecule has 2 fully saturated rings. The zero-order chi connectivity index (χ0) is 21.1. The van der Waals surface area contributed by atoms with Crippen molar-refractivity contribution in [1.82, 2.24) is 9.80 Å². The van der Waals surface area contributed by atoms with Gasteiger partial charge in [-0.1, -0.05) is 37.0 Å². The number of amides is 2. The maximum absolute atomic E-state index is 12.8. The van der Waals surface area contributed by atoms with Crippen LogP contribution < -0.4 is 9.47 Å². The standard InChI is InChI=1S/C22H26N2O4S2/c1-2-16-6-3-4-10-23(16)20(25)7-5-11-24-21(26)19(30-22(24)29)13-15-8-9-17-18(12-15)28-14-27-17/h8-9,12-13,16H,2-7,10-11,14H2,1H3/b19-13-/t16-/m0/s1. The van der Waals surface area contributed by atoms with Crippen LogP contribution in [0.2, 0.25) is 0 Å². The molecule has 8 heteroatoms. The molecule has 30 heavy (non-hydrogen) atoms. The summed E-state index contributed by atoms with van der Waals surface area (Å²) in [7, 11) is 0. The first-order valence-corrected chi connectivity index (χ1v) is 11.7. The first-order valence-electron chi connectivity index (χ1n) is 10.5. The molecule has 1 aromatic rings.